The van der Waals surface area contributed by atoms with Crippen molar-refractivity contribution in [3.8, 4) is 0 Å². The molecule has 1 aromatic heterocycles. The van der Waals surface area contributed by atoms with Crippen molar-refractivity contribution in [2.75, 3.05) is 0 Å². The molecule has 0 saturated heterocycles. The van der Waals surface area contributed by atoms with Crippen molar-refractivity contribution in [2.24, 2.45) is 7.05 Å². The van der Waals surface area contributed by atoms with Crippen LogP contribution in [0.5, 0.6) is 0 Å². The van der Waals surface area contributed by atoms with E-state index >= 15 is 0 Å². The molecule has 0 unspecified atom stereocenters. The van der Waals surface area contributed by atoms with Gasteiger partial charge in [0.1, 0.15) is 0 Å². The Labute approximate surface area is 142 Å². The average molecular weight is 360 g/mol. The molecule has 0 saturated carbocycles. The van der Waals surface area contributed by atoms with Gasteiger partial charge in [0.15, 0.2) is 0 Å². The van der Waals surface area contributed by atoms with E-state index in [0.717, 1.165) is 4.47 Å². The van der Waals surface area contributed by atoms with E-state index in [9.17, 15) is 0 Å². The topological polar surface area (TPSA) is 4.93 Å². The molecule has 1 heterocycles. The maximum Gasteiger partial charge on any atom is 0.0495 e. The first-order valence-electron chi connectivity index (χ1n) is 7.71. The molecular weight excluding hydrogens is 346 g/mol. The Morgan fingerprint density at radius 1 is 0.652 bits per heavy atom. The molecule has 0 atom stereocenters. The quantitative estimate of drug-likeness (QED) is 0.282. The molecule has 0 aliphatic rings. The molecule has 0 N–H and O–H groups in total. The highest BCUT2D eigenvalue weighted by Gasteiger charge is 2.10. The summed E-state index contributed by atoms with van der Waals surface area (Å²) in [6, 6.07) is 24.2. The van der Waals surface area contributed by atoms with Crippen LogP contribution >= 0.6 is 15.9 Å². The van der Waals surface area contributed by atoms with Crippen molar-refractivity contribution in [1.29, 1.82) is 0 Å². The number of halogens is 1. The van der Waals surface area contributed by atoms with Gasteiger partial charge in [-0.05, 0) is 51.9 Å². The summed E-state index contributed by atoms with van der Waals surface area (Å²) in [4.78, 5) is 0. The predicted octanol–water partition coefficient (Wildman–Crippen LogP) is 6.40. The van der Waals surface area contributed by atoms with Crippen LogP contribution in [-0.2, 0) is 7.05 Å². The smallest absolute Gasteiger partial charge is 0.0495 e. The van der Waals surface area contributed by atoms with Gasteiger partial charge >= 0.3 is 0 Å². The monoisotopic (exact) mass is 359 g/mol. The lowest BCUT2D eigenvalue weighted by Gasteiger charge is -2.06. The molecule has 110 valence electrons. The number of aromatic nitrogens is 1. The van der Waals surface area contributed by atoms with Crippen LogP contribution in [0.3, 0.4) is 0 Å². The number of benzene rings is 4. The lowest BCUT2D eigenvalue weighted by molar-refractivity contribution is 1.02. The van der Waals surface area contributed by atoms with E-state index in [4.69, 9.17) is 0 Å². The molecular formula is C21H14BrN. The average Bonchev–Trinajstić information content (AvgIpc) is 2.86. The van der Waals surface area contributed by atoms with Crippen molar-refractivity contribution in [3.05, 3.63) is 71.2 Å². The molecule has 1 nitrogen and oxygen atoms in total. The molecule has 0 fully saturated rings. The van der Waals surface area contributed by atoms with Gasteiger partial charge in [-0.1, -0.05) is 52.3 Å². The second-order valence-corrected chi connectivity index (χ2v) is 7.01. The Balaban J connectivity index is 2.05. The molecule has 4 aromatic carbocycles. The van der Waals surface area contributed by atoms with Crippen molar-refractivity contribution in [2.45, 2.75) is 0 Å². The summed E-state index contributed by atoms with van der Waals surface area (Å²) in [5, 5.41) is 7.82. The first-order valence-corrected chi connectivity index (χ1v) is 8.51. The van der Waals surface area contributed by atoms with Crippen LogP contribution in [0.4, 0.5) is 0 Å². The van der Waals surface area contributed by atoms with Gasteiger partial charge in [0, 0.05) is 33.3 Å². The zero-order chi connectivity index (χ0) is 15.6. The fourth-order valence-corrected chi connectivity index (χ4v) is 4.04. The molecule has 0 spiro atoms. The minimum atomic E-state index is 1.12. The van der Waals surface area contributed by atoms with Crippen LogP contribution in [0.25, 0.3) is 43.4 Å². The van der Waals surface area contributed by atoms with E-state index in [0.29, 0.717) is 0 Å². The van der Waals surface area contributed by atoms with Crippen molar-refractivity contribution >= 4 is 59.3 Å². The van der Waals surface area contributed by atoms with Crippen molar-refractivity contribution in [3.63, 3.8) is 0 Å². The van der Waals surface area contributed by atoms with Gasteiger partial charge in [0.25, 0.3) is 0 Å². The summed E-state index contributed by atoms with van der Waals surface area (Å²) in [6.07, 6.45) is 0. The zero-order valence-electron chi connectivity index (χ0n) is 12.7. The summed E-state index contributed by atoms with van der Waals surface area (Å²) < 4.78 is 3.41. The number of hydrogen-bond donors (Lipinski definition) is 0. The number of hydrogen-bond acceptors (Lipinski definition) is 0. The predicted molar refractivity (Wildman–Crippen MR) is 103 cm³/mol. The van der Waals surface area contributed by atoms with Gasteiger partial charge < -0.3 is 4.57 Å². The number of nitrogens with zero attached hydrogens (tertiary/aromatic N) is 1. The second-order valence-electron chi connectivity index (χ2n) is 6.10. The molecule has 2 heteroatoms. The summed E-state index contributed by atoms with van der Waals surface area (Å²) in [6.45, 7) is 0. The molecule has 0 bridgehead atoms. The Morgan fingerprint density at radius 2 is 1.39 bits per heavy atom. The Bertz CT molecular complexity index is 1230. The lowest BCUT2D eigenvalue weighted by Crippen LogP contribution is -1.86. The number of rotatable bonds is 0. The van der Waals surface area contributed by atoms with E-state index < -0.39 is 0 Å². The highest BCUT2D eigenvalue weighted by Crippen LogP contribution is 2.35. The summed E-state index contributed by atoms with van der Waals surface area (Å²) >= 11 is 3.61. The van der Waals surface area contributed by atoms with Gasteiger partial charge in [-0.15, -0.1) is 0 Å². The Hall–Kier alpha value is -2.32. The fourth-order valence-electron chi connectivity index (χ4n) is 3.68. The first-order chi connectivity index (χ1) is 11.2. The Kier molecular flexibility index (Phi) is 2.62. The van der Waals surface area contributed by atoms with E-state index in [1.54, 1.807) is 0 Å². The van der Waals surface area contributed by atoms with Crippen molar-refractivity contribution < 1.29 is 0 Å². The summed E-state index contributed by atoms with van der Waals surface area (Å²) in [5.41, 5.74) is 2.56. The minimum absolute atomic E-state index is 1.12. The van der Waals surface area contributed by atoms with Crippen LogP contribution in [0.1, 0.15) is 0 Å². The maximum absolute atomic E-state index is 3.61. The normalized spacial score (nSPS) is 11.9. The number of fused-ring (bicyclic) bond motifs is 6. The molecule has 0 amide bonds. The fraction of sp³-hybridized carbons (Fsp3) is 0.0476. The summed E-state index contributed by atoms with van der Waals surface area (Å²) in [5.74, 6) is 0. The van der Waals surface area contributed by atoms with Gasteiger partial charge in [-0.3, -0.25) is 0 Å². The molecule has 5 aromatic rings. The van der Waals surface area contributed by atoms with Crippen LogP contribution in [-0.4, -0.2) is 4.57 Å². The van der Waals surface area contributed by atoms with Crippen LogP contribution in [0, 0.1) is 0 Å². The lowest BCUT2D eigenvalue weighted by atomic mass is 10.00. The minimum Gasteiger partial charge on any atom is -0.344 e. The summed E-state index contributed by atoms with van der Waals surface area (Å²) in [7, 11) is 2.15. The van der Waals surface area contributed by atoms with Gasteiger partial charge in [0.2, 0.25) is 0 Å². The molecule has 5 rings (SSSR count). The van der Waals surface area contributed by atoms with Crippen LogP contribution in [0.15, 0.2) is 71.2 Å². The number of aryl methyl sites for hydroxylation is 1. The zero-order valence-corrected chi connectivity index (χ0v) is 14.3. The molecule has 0 aliphatic carbocycles. The van der Waals surface area contributed by atoms with Crippen LogP contribution in [0.2, 0.25) is 0 Å². The largest absolute Gasteiger partial charge is 0.344 e. The second kappa shape index (κ2) is 4.59. The Morgan fingerprint density at radius 3 is 2.30 bits per heavy atom. The van der Waals surface area contributed by atoms with E-state index in [1.165, 1.54) is 43.4 Å². The van der Waals surface area contributed by atoms with E-state index in [1.807, 2.05) is 0 Å². The van der Waals surface area contributed by atoms with E-state index in [-0.39, 0.29) is 0 Å². The highest BCUT2D eigenvalue weighted by molar-refractivity contribution is 9.10. The first kappa shape index (κ1) is 13.1. The van der Waals surface area contributed by atoms with Gasteiger partial charge in [0.05, 0.1) is 0 Å². The van der Waals surface area contributed by atoms with Crippen LogP contribution < -0.4 is 0 Å². The third-order valence-electron chi connectivity index (χ3n) is 4.83. The van der Waals surface area contributed by atoms with Gasteiger partial charge in [-0.25, -0.2) is 0 Å². The highest BCUT2D eigenvalue weighted by atomic mass is 79.9. The molecule has 0 aliphatic heterocycles. The molecule has 0 radical (unpaired) electrons. The van der Waals surface area contributed by atoms with E-state index in [2.05, 4.69) is 94.3 Å². The standard InChI is InChI=1S/C21H14BrN/c1-23-20-5-3-2-4-16(20)19-10-14-7-6-13-8-9-15(22)11-17(13)18(14)12-21(19)23/h2-12H,1H3. The van der Waals surface area contributed by atoms with Crippen molar-refractivity contribution in [1.82, 2.24) is 4.57 Å². The maximum atomic E-state index is 3.61. The number of para-hydroxylation sites is 1. The SMILES string of the molecule is Cn1c2ccccc2c2cc3ccc4ccc(Br)cc4c3cc21. The third-order valence-corrected chi connectivity index (χ3v) is 5.33. The molecule has 23 heavy (non-hydrogen) atoms. The third kappa shape index (κ3) is 1.79. The van der Waals surface area contributed by atoms with Gasteiger partial charge in [-0.2, -0.15) is 0 Å².